The minimum atomic E-state index is -0.226. The first kappa shape index (κ1) is 12.9. The molecule has 0 aromatic heterocycles. The van der Waals surface area contributed by atoms with Crippen LogP contribution in [0.15, 0.2) is 36.4 Å². The fraction of sp³-hybridized carbons (Fsp3) is 0.375. The van der Waals surface area contributed by atoms with Crippen LogP contribution in [0.25, 0.3) is 10.8 Å². The van der Waals surface area contributed by atoms with Crippen molar-refractivity contribution in [2.24, 2.45) is 0 Å². The van der Waals surface area contributed by atoms with E-state index in [9.17, 15) is 4.39 Å². The van der Waals surface area contributed by atoms with E-state index in [0.717, 1.165) is 23.8 Å². The number of hydrogen-bond acceptors (Lipinski definition) is 1. The average molecular weight is 279 g/mol. The highest BCUT2D eigenvalue weighted by molar-refractivity contribution is 6.22. The van der Waals surface area contributed by atoms with Crippen LogP contribution in [0.4, 0.5) is 4.39 Å². The summed E-state index contributed by atoms with van der Waals surface area (Å²) in [4.78, 5) is 0. The Bertz CT molecular complexity index is 598. The van der Waals surface area contributed by atoms with E-state index in [0.29, 0.717) is 5.39 Å². The van der Waals surface area contributed by atoms with Gasteiger partial charge in [-0.05, 0) is 36.8 Å². The van der Waals surface area contributed by atoms with Gasteiger partial charge in [0.2, 0.25) is 0 Å². The maximum atomic E-state index is 13.8. The van der Waals surface area contributed by atoms with E-state index in [2.05, 4.69) is 6.92 Å². The number of ether oxygens (including phenoxy) is 1. The molecule has 1 aliphatic rings. The van der Waals surface area contributed by atoms with Crippen molar-refractivity contribution in [3.63, 3.8) is 0 Å². The van der Waals surface area contributed by atoms with Gasteiger partial charge in [0.15, 0.2) is 0 Å². The highest BCUT2D eigenvalue weighted by atomic mass is 35.5. The van der Waals surface area contributed by atoms with Gasteiger partial charge in [-0.2, -0.15) is 0 Å². The Balaban J connectivity index is 2.03. The Labute approximate surface area is 117 Å². The number of fused-ring (bicyclic) bond motifs is 1. The minimum absolute atomic E-state index is 0.0190. The van der Waals surface area contributed by atoms with Gasteiger partial charge in [0.25, 0.3) is 0 Å². The molecule has 1 saturated heterocycles. The van der Waals surface area contributed by atoms with Gasteiger partial charge in [-0.1, -0.05) is 30.3 Å². The predicted molar refractivity (Wildman–Crippen MR) is 76.1 cm³/mol. The smallest absolute Gasteiger partial charge is 0.131 e. The quantitative estimate of drug-likeness (QED) is 0.715. The Morgan fingerprint density at radius 3 is 2.58 bits per heavy atom. The van der Waals surface area contributed by atoms with Crippen molar-refractivity contribution < 1.29 is 9.13 Å². The number of alkyl halides is 1. The zero-order valence-electron chi connectivity index (χ0n) is 10.8. The predicted octanol–water partition coefficient (Wildman–Crippen LogP) is 4.83. The Morgan fingerprint density at radius 1 is 1.16 bits per heavy atom. The van der Waals surface area contributed by atoms with Crippen LogP contribution in [0.3, 0.4) is 0 Å². The van der Waals surface area contributed by atoms with Crippen LogP contribution in [-0.4, -0.2) is 12.2 Å². The molecule has 0 aliphatic carbocycles. The summed E-state index contributed by atoms with van der Waals surface area (Å²) in [6.45, 7) is 2.06. The second-order valence-corrected chi connectivity index (χ2v) is 5.62. The number of rotatable bonds is 2. The third-order valence-electron chi connectivity index (χ3n) is 3.79. The summed E-state index contributed by atoms with van der Waals surface area (Å²) in [5.41, 5.74) is 0.956. The van der Waals surface area contributed by atoms with Gasteiger partial charge in [0, 0.05) is 5.39 Å². The maximum Gasteiger partial charge on any atom is 0.131 e. The molecule has 2 aromatic rings. The van der Waals surface area contributed by atoms with Gasteiger partial charge >= 0.3 is 0 Å². The molecule has 0 amide bonds. The second-order valence-electron chi connectivity index (χ2n) is 5.15. The lowest BCUT2D eigenvalue weighted by atomic mass is 9.98. The number of hydrogen-bond donors (Lipinski definition) is 0. The molecule has 1 fully saturated rings. The lowest BCUT2D eigenvalue weighted by Gasteiger charge is -2.19. The lowest BCUT2D eigenvalue weighted by molar-refractivity contribution is 0.0535. The number of benzene rings is 2. The molecule has 3 heteroatoms. The van der Waals surface area contributed by atoms with Crippen molar-refractivity contribution in [1.82, 2.24) is 0 Å². The van der Waals surface area contributed by atoms with Gasteiger partial charge in [0.1, 0.15) is 5.82 Å². The van der Waals surface area contributed by atoms with E-state index in [1.165, 1.54) is 6.07 Å². The largest absolute Gasteiger partial charge is 0.373 e. The first-order chi connectivity index (χ1) is 9.16. The molecule has 0 radical (unpaired) electrons. The van der Waals surface area contributed by atoms with Crippen molar-refractivity contribution in [2.45, 2.75) is 37.4 Å². The molecule has 0 bridgehead atoms. The summed E-state index contributed by atoms with van der Waals surface area (Å²) in [5.74, 6) is -0.205. The fourth-order valence-corrected chi connectivity index (χ4v) is 3.15. The van der Waals surface area contributed by atoms with Crippen molar-refractivity contribution in [1.29, 1.82) is 0 Å². The Hall–Kier alpha value is -1.12. The number of halogens is 2. The van der Waals surface area contributed by atoms with Gasteiger partial charge in [-0.15, -0.1) is 11.6 Å². The maximum absolute atomic E-state index is 13.8. The normalized spacial score (nSPS) is 24.8. The summed E-state index contributed by atoms with van der Waals surface area (Å²) in [6.07, 6.45) is 2.28. The average Bonchev–Trinajstić information content (AvgIpc) is 2.86. The van der Waals surface area contributed by atoms with Crippen LogP contribution >= 0.6 is 11.6 Å². The first-order valence-corrected chi connectivity index (χ1v) is 7.07. The molecular weight excluding hydrogens is 263 g/mol. The van der Waals surface area contributed by atoms with Crippen LogP contribution in [-0.2, 0) is 4.74 Å². The molecule has 3 atom stereocenters. The van der Waals surface area contributed by atoms with Crippen molar-refractivity contribution in [3.8, 4) is 0 Å². The summed E-state index contributed by atoms with van der Waals surface area (Å²) < 4.78 is 19.6. The van der Waals surface area contributed by atoms with Gasteiger partial charge in [-0.25, -0.2) is 4.39 Å². The highest BCUT2D eigenvalue weighted by Gasteiger charge is 2.30. The Morgan fingerprint density at radius 2 is 1.89 bits per heavy atom. The molecule has 100 valence electrons. The van der Waals surface area contributed by atoms with Gasteiger partial charge < -0.3 is 4.74 Å². The van der Waals surface area contributed by atoms with E-state index in [-0.39, 0.29) is 23.4 Å². The molecule has 2 aromatic carbocycles. The molecule has 3 rings (SSSR count). The summed E-state index contributed by atoms with van der Waals surface area (Å²) >= 11 is 6.56. The standard InChI is InChI=1S/C16H16ClFO/c1-10-6-9-15(19-10)16(17)13-7-8-14(18)12-5-3-2-4-11(12)13/h2-5,7-8,10,15-16H,6,9H2,1H3. The van der Waals surface area contributed by atoms with Crippen LogP contribution in [0.2, 0.25) is 0 Å². The first-order valence-electron chi connectivity index (χ1n) is 6.63. The summed E-state index contributed by atoms with van der Waals surface area (Å²) in [7, 11) is 0. The molecule has 0 saturated carbocycles. The second kappa shape index (κ2) is 5.10. The molecule has 1 heterocycles. The molecule has 0 spiro atoms. The van der Waals surface area contributed by atoms with E-state index in [4.69, 9.17) is 16.3 Å². The molecule has 19 heavy (non-hydrogen) atoms. The SMILES string of the molecule is CC1CCC(C(Cl)c2ccc(F)c3ccccc23)O1. The minimum Gasteiger partial charge on any atom is -0.373 e. The Kier molecular flexibility index (Phi) is 3.46. The van der Waals surface area contributed by atoms with Crippen LogP contribution in [0.1, 0.15) is 30.7 Å². The third kappa shape index (κ3) is 2.35. The van der Waals surface area contributed by atoms with Crippen LogP contribution < -0.4 is 0 Å². The van der Waals surface area contributed by atoms with Gasteiger partial charge in [-0.3, -0.25) is 0 Å². The third-order valence-corrected chi connectivity index (χ3v) is 4.31. The summed E-state index contributed by atoms with van der Waals surface area (Å²) in [5, 5.41) is 1.28. The summed E-state index contributed by atoms with van der Waals surface area (Å²) in [6, 6.07) is 10.7. The molecule has 0 N–H and O–H groups in total. The van der Waals surface area contributed by atoms with Crippen LogP contribution in [0.5, 0.6) is 0 Å². The zero-order valence-corrected chi connectivity index (χ0v) is 11.5. The molecule has 3 unspecified atom stereocenters. The monoisotopic (exact) mass is 278 g/mol. The zero-order chi connectivity index (χ0) is 13.4. The molecular formula is C16H16ClFO. The van der Waals surface area contributed by atoms with E-state index < -0.39 is 0 Å². The lowest BCUT2D eigenvalue weighted by Crippen LogP contribution is -2.15. The van der Waals surface area contributed by atoms with Crippen molar-refractivity contribution >= 4 is 22.4 Å². The topological polar surface area (TPSA) is 9.23 Å². The van der Waals surface area contributed by atoms with E-state index in [1.54, 1.807) is 12.1 Å². The van der Waals surface area contributed by atoms with Crippen molar-refractivity contribution in [2.75, 3.05) is 0 Å². The van der Waals surface area contributed by atoms with Crippen molar-refractivity contribution in [3.05, 3.63) is 47.8 Å². The molecule has 1 aliphatic heterocycles. The van der Waals surface area contributed by atoms with E-state index in [1.807, 2.05) is 18.2 Å². The van der Waals surface area contributed by atoms with Crippen LogP contribution in [0, 0.1) is 5.82 Å². The molecule has 1 nitrogen and oxygen atoms in total. The van der Waals surface area contributed by atoms with E-state index >= 15 is 0 Å². The highest BCUT2D eigenvalue weighted by Crippen LogP contribution is 2.38. The fourth-order valence-electron chi connectivity index (χ4n) is 2.78. The van der Waals surface area contributed by atoms with Gasteiger partial charge in [0.05, 0.1) is 17.6 Å².